The average molecular weight is 501 g/mol. The Hall–Kier alpha value is -3.11. The molecule has 2 heterocycles. The summed E-state index contributed by atoms with van der Waals surface area (Å²) < 4.78 is 12.8. The summed E-state index contributed by atoms with van der Waals surface area (Å²) in [4.78, 5) is 25.8. The van der Waals surface area contributed by atoms with Gasteiger partial charge >= 0.3 is 5.97 Å². The van der Waals surface area contributed by atoms with Crippen molar-refractivity contribution in [3.05, 3.63) is 64.3 Å². The number of hydrogen-bond acceptors (Lipinski definition) is 8. The number of thiophene rings is 1. The summed E-state index contributed by atoms with van der Waals surface area (Å²) in [6.07, 6.45) is 1.40. The standard InChI is InChI=1S/C24H28N4O4S2/c1-7-12-28-21(16(4)32-18-10-8-14(2)9-11-18)26-27-24(28)33-13-19(29)25-22-20(23(30)31-6)15(3)17(5)34-22/h7-11,16H,1,12-13H2,2-6H3,(H,25,29). The van der Waals surface area contributed by atoms with E-state index in [1.54, 1.807) is 6.08 Å². The van der Waals surface area contributed by atoms with Gasteiger partial charge in [-0.05, 0) is 45.4 Å². The van der Waals surface area contributed by atoms with Crippen molar-refractivity contribution in [2.45, 2.75) is 45.5 Å². The predicted octanol–water partition coefficient (Wildman–Crippen LogP) is 5.11. The Morgan fingerprint density at radius 3 is 2.59 bits per heavy atom. The highest BCUT2D eigenvalue weighted by atomic mass is 32.2. The fraction of sp³-hybridized carbons (Fsp3) is 0.333. The number of aryl methyl sites for hydroxylation is 2. The van der Waals surface area contributed by atoms with Crippen LogP contribution in [0.15, 0.2) is 42.1 Å². The van der Waals surface area contributed by atoms with Gasteiger partial charge in [-0.3, -0.25) is 9.36 Å². The largest absolute Gasteiger partial charge is 0.483 e. The number of hydrogen-bond donors (Lipinski definition) is 1. The minimum absolute atomic E-state index is 0.0963. The number of nitrogens with zero attached hydrogens (tertiary/aromatic N) is 3. The molecule has 2 aromatic heterocycles. The quantitative estimate of drug-likeness (QED) is 0.235. The van der Waals surface area contributed by atoms with E-state index in [2.05, 4.69) is 22.1 Å². The van der Waals surface area contributed by atoms with Crippen LogP contribution in [0.25, 0.3) is 0 Å². The highest BCUT2D eigenvalue weighted by Gasteiger charge is 2.23. The second kappa shape index (κ2) is 11.3. The van der Waals surface area contributed by atoms with Crippen LogP contribution in [-0.2, 0) is 16.1 Å². The summed E-state index contributed by atoms with van der Waals surface area (Å²) in [5.74, 6) is 0.750. The van der Waals surface area contributed by atoms with Crippen molar-refractivity contribution in [1.29, 1.82) is 0 Å². The highest BCUT2D eigenvalue weighted by molar-refractivity contribution is 7.99. The molecule has 0 aliphatic carbocycles. The molecule has 0 aliphatic rings. The van der Waals surface area contributed by atoms with Crippen LogP contribution in [0.1, 0.15) is 45.2 Å². The van der Waals surface area contributed by atoms with Crippen LogP contribution < -0.4 is 10.1 Å². The Kier molecular flexibility index (Phi) is 8.51. The SMILES string of the molecule is C=CCn1c(SCC(=O)Nc2sc(C)c(C)c2C(=O)OC)nnc1C(C)Oc1ccc(C)cc1. The first-order valence-corrected chi connectivity index (χ1v) is 12.4. The van der Waals surface area contributed by atoms with Crippen LogP contribution in [-0.4, -0.2) is 39.5 Å². The van der Waals surface area contributed by atoms with E-state index in [4.69, 9.17) is 9.47 Å². The van der Waals surface area contributed by atoms with Gasteiger partial charge in [0.05, 0.1) is 18.4 Å². The monoisotopic (exact) mass is 500 g/mol. The first-order valence-electron chi connectivity index (χ1n) is 10.6. The van der Waals surface area contributed by atoms with Crippen molar-refractivity contribution < 1.29 is 19.1 Å². The number of anilines is 1. The summed E-state index contributed by atoms with van der Waals surface area (Å²) >= 11 is 2.60. The van der Waals surface area contributed by atoms with Gasteiger partial charge in [-0.2, -0.15) is 0 Å². The Balaban J connectivity index is 1.70. The van der Waals surface area contributed by atoms with Crippen molar-refractivity contribution in [3.8, 4) is 5.75 Å². The number of amides is 1. The normalized spacial score (nSPS) is 11.7. The number of esters is 1. The average Bonchev–Trinajstić information content (AvgIpc) is 3.33. The predicted molar refractivity (Wildman–Crippen MR) is 135 cm³/mol. The number of methoxy groups -OCH3 is 1. The van der Waals surface area contributed by atoms with E-state index in [0.717, 1.165) is 21.8 Å². The van der Waals surface area contributed by atoms with Crippen LogP contribution in [0.2, 0.25) is 0 Å². The molecule has 1 unspecified atom stereocenters. The summed E-state index contributed by atoms with van der Waals surface area (Å²) in [6.45, 7) is 11.9. The maximum atomic E-state index is 12.7. The van der Waals surface area contributed by atoms with Crippen molar-refractivity contribution >= 4 is 40.0 Å². The van der Waals surface area contributed by atoms with Crippen molar-refractivity contribution in [2.24, 2.45) is 0 Å². The summed E-state index contributed by atoms with van der Waals surface area (Å²) in [5.41, 5.74) is 2.35. The zero-order valence-corrected chi connectivity index (χ0v) is 21.5. The number of thioether (sulfide) groups is 1. The topological polar surface area (TPSA) is 95.3 Å². The van der Waals surface area contributed by atoms with Gasteiger partial charge in [0.25, 0.3) is 0 Å². The van der Waals surface area contributed by atoms with Crippen molar-refractivity contribution in [3.63, 3.8) is 0 Å². The molecule has 0 saturated carbocycles. The molecule has 180 valence electrons. The lowest BCUT2D eigenvalue weighted by Crippen LogP contribution is -2.17. The smallest absolute Gasteiger partial charge is 0.341 e. The molecule has 1 aromatic carbocycles. The molecule has 0 saturated heterocycles. The first kappa shape index (κ1) is 25.5. The van der Waals surface area contributed by atoms with E-state index in [0.29, 0.717) is 28.1 Å². The molecule has 0 fully saturated rings. The Labute approximate surface area is 207 Å². The van der Waals surface area contributed by atoms with E-state index in [1.165, 1.54) is 30.2 Å². The van der Waals surface area contributed by atoms with Crippen LogP contribution in [0.3, 0.4) is 0 Å². The lowest BCUT2D eigenvalue weighted by molar-refractivity contribution is -0.113. The molecule has 34 heavy (non-hydrogen) atoms. The lowest BCUT2D eigenvalue weighted by atomic mass is 10.1. The Morgan fingerprint density at radius 1 is 1.24 bits per heavy atom. The molecule has 0 radical (unpaired) electrons. The van der Waals surface area contributed by atoms with Gasteiger partial charge in [-0.25, -0.2) is 4.79 Å². The molecule has 8 nitrogen and oxygen atoms in total. The lowest BCUT2D eigenvalue weighted by Gasteiger charge is -2.16. The fourth-order valence-electron chi connectivity index (χ4n) is 3.24. The fourth-order valence-corrected chi connectivity index (χ4v) is 5.06. The molecular formula is C24H28N4O4S2. The number of carbonyl (C=O) groups is 2. The maximum absolute atomic E-state index is 12.7. The maximum Gasteiger partial charge on any atom is 0.341 e. The van der Waals surface area contributed by atoms with E-state index in [-0.39, 0.29) is 17.8 Å². The number of rotatable bonds is 10. The van der Waals surface area contributed by atoms with Gasteiger partial charge in [-0.1, -0.05) is 35.5 Å². The van der Waals surface area contributed by atoms with Crippen LogP contribution in [0.4, 0.5) is 5.00 Å². The molecule has 0 spiro atoms. The minimum Gasteiger partial charge on any atom is -0.483 e. The molecule has 0 bridgehead atoms. The number of benzene rings is 1. The number of carbonyl (C=O) groups excluding carboxylic acids is 2. The molecule has 10 heteroatoms. The number of nitrogens with one attached hydrogen (secondary N) is 1. The molecule has 1 N–H and O–H groups in total. The van der Waals surface area contributed by atoms with Gasteiger partial charge in [0, 0.05) is 11.4 Å². The van der Waals surface area contributed by atoms with E-state index >= 15 is 0 Å². The van der Waals surface area contributed by atoms with Crippen LogP contribution in [0, 0.1) is 20.8 Å². The van der Waals surface area contributed by atoms with Gasteiger partial charge < -0.3 is 14.8 Å². The van der Waals surface area contributed by atoms with Gasteiger partial charge in [0.2, 0.25) is 5.91 Å². The summed E-state index contributed by atoms with van der Waals surface area (Å²) in [7, 11) is 1.32. The van der Waals surface area contributed by atoms with Crippen LogP contribution >= 0.6 is 23.1 Å². The molecule has 1 atom stereocenters. The zero-order chi connectivity index (χ0) is 24.8. The second-order valence-electron chi connectivity index (χ2n) is 7.63. The zero-order valence-electron chi connectivity index (χ0n) is 19.9. The number of ether oxygens (including phenoxy) is 2. The minimum atomic E-state index is -0.470. The van der Waals surface area contributed by atoms with Gasteiger partial charge in [0.15, 0.2) is 17.1 Å². The first-order chi connectivity index (χ1) is 16.2. The third kappa shape index (κ3) is 5.87. The number of allylic oxidation sites excluding steroid dienone is 1. The molecular weight excluding hydrogens is 472 g/mol. The summed E-state index contributed by atoms with van der Waals surface area (Å²) in [5, 5.41) is 12.5. The molecule has 3 rings (SSSR count). The third-order valence-electron chi connectivity index (χ3n) is 5.11. The number of aromatic nitrogens is 3. The van der Waals surface area contributed by atoms with Crippen LogP contribution in [0.5, 0.6) is 5.75 Å². The van der Waals surface area contributed by atoms with E-state index in [9.17, 15) is 9.59 Å². The Bertz CT molecular complexity index is 1180. The van der Waals surface area contributed by atoms with Crippen molar-refractivity contribution in [2.75, 3.05) is 18.2 Å². The highest BCUT2D eigenvalue weighted by Crippen LogP contribution is 2.33. The summed E-state index contributed by atoms with van der Waals surface area (Å²) in [6, 6.07) is 7.80. The van der Waals surface area contributed by atoms with Gasteiger partial charge in [0.1, 0.15) is 10.8 Å². The third-order valence-corrected chi connectivity index (χ3v) is 7.20. The van der Waals surface area contributed by atoms with E-state index < -0.39 is 5.97 Å². The van der Waals surface area contributed by atoms with Gasteiger partial charge in [-0.15, -0.1) is 28.1 Å². The Morgan fingerprint density at radius 2 is 1.94 bits per heavy atom. The van der Waals surface area contributed by atoms with Crippen molar-refractivity contribution in [1.82, 2.24) is 14.8 Å². The molecule has 3 aromatic rings. The second-order valence-corrected chi connectivity index (χ2v) is 9.80. The molecule has 1 amide bonds. The molecule has 0 aliphatic heterocycles. The van der Waals surface area contributed by atoms with E-state index in [1.807, 2.05) is 56.5 Å².